The van der Waals surface area contributed by atoms with Crippen molar-refractivity contribution >= 4 is 5.97 Å². The molecule has 0 bridgehead atoms. The van der Waals surface area contributed by atoms with Gasteiger partial charge in [0.15, 0.2) is 5.43 Å². The van der Waals surface area contributed by atoms with E-state index in [1.54, 1.807) is 23.9 Å². The van der Waals surface area contributed by atoms with Gasteiger partial charge in [0.2, 0.25) is 0 Å². The first kappa shape index (κ1) is 13.1. The van der Waals surface area contributed by atoms with Gasteiger partial charge in [-0.15, -0.1) is 0 Å². The van der Waals surface area contributed by atoms with Gasteiger partial charge in [-0.3, -0.25) is 9.47 Å². The zero-order valence-corrected chi connectivity index (χ0v) is 11.1. The number of pyridine rings is 1. The fourth-order valence-electron chi connectivity index (χ4n) is 2.10. The number of fused-ring (bicyclic) bond motifs is 1. The Bertz CT molecular complexity index is 659. The Morgan fingerprint density at radius 1 is 1.37 bits per heavy atom. The lowest BCUT2D eigenvalue weighted by molar-refractivity contribution is 0.0696. The van der Waals surface area contributed by atoms with Gasteiger partial charge in [-0.1, -0.05) is 0 Å². The quantitative estimate of drug-likeness (QED) is 0.884. The van der Waals surface area contributed by atoms with E-state index in [1.165, 1.54) is 12.1 Å². The van der Waals surface area contributed by atoms with E-state index in [1.807, 2.05) is 13.8 Å². The Labute approximate surface area is 110 Å². The SMILES string of the molecule is Cc1c(C(=O)O)c2cc(=O)ccc-2cn1NC(C)C. The average Bonchev–Trinajstić information content (AvgIpc) is 2.29. The minimum Gasteiger partial charge on any atom is -0.478 e. The van der Waals surface area contributed by atoms with E-state index in [2.05, 4.69) is 5.43 Å². The van der Waals surface area contributed by atoms with Gasteiger partial charge in [0.05, 0.1) is 11.3 Å². The lowest BCUT2D eigenvalue weighted by Gasteiger charge is -2.22. The summed E-state index contributed by atoms with van der Waals surface area (Å²) in [5.41, 5.74) is 4.87. The maximum Gasteiger partial charge on any atom is 0.338 e. The van der Waals surface area contributed by atoms with Crippen molar-refractivity contribution in [1.29, 1.82) is 0 Å². The highest BCUT2D eigenvalue weighted by Crippen LogP contribution is 2.26. The van der Waals surface area contributed by atoms with Gasteiger partial charge in [-0.05, 0) is 39.0 Å². The highest BCUT2D eigenvalue weighted by molar-refractivity contribution is 5.97. The molecule has 0 saturated carbocycles. The lowest BCUT2D eigenvalue weighted by atomic mass is 9.98. The van der Waals surface area contributed by atoms with Crippen LogP contribution in [0.1, 0.15) is 29.9 Å². The summed E-state index contributed by atoms with van der Waals surface area (Å²) < 4.78 is 1.70. The highest BCUT2D eigenvalue weighted by atomic mass is 16.4. The average molecular weight is 260 g/mol. The van der Waals surface area contributed by atoms with Gasteiger partial charge in [0.1, 0.15) is 0 Å². The van der Waals surface area contributed by atoms with Crippen molar-refractivity contribution in [3.8, 4) is 11.1 Å². The molecule has 5 heteroatoms. The molecule has 0 aromatic heterocycles. The number of nitrogens with one attached hydrogen (secondary N) is 1. The van der Waals surface area contributed by atoms with E-state index >= 15 is 0 Å². The summed E-state index contributed by atoms with van der Waals surface area (Å²) >= 11 is 0. The van der Waals surface area contributed by atoms with Crippen molar-refractivity contribution in [2.75, 3.05) is 5.43 Å². The standard InChI is InChI=1S/C14H16N2O3/c1-8(2)15-16-7-10-4-5-11(17)6-12(10)13(9(16)3)14(18)19/h4-8,15H,1-3H3,(H,18,19). The molecule has 19 heavy (non-hydrogen) atoms. The van der Waals surface area contributed by atoms with Crippen LogP contribution in [0.25, 0.3) is 11.1 Å². The molecule has 0 spiro atoms. The number of carboxylic acid groups (broad SMARTS) is 1. The first-order chi connectivity index (χ1) is 8.90. The van der Waals surface area contributed by atoms with E-state index in [0.29, 0.717) is 11.3 Å². The third-order valence-corrected chi connectivity index (χ3v) is 2.90. The second-order valence-electron chi connectivity index (χ2n) is 4.80. The number of hydrogen-bond donors (Lipinski definition) is 2. The number of hydrogen-bond acceptors (Lipinski definition) is 3. The molecule has 2 N–H and O–H groups in total. The number of rotatable bonds is 3. The smallest absolute Gasteiger partial charge is 0.338 e. The zero-order chi connectivity index (χ0) is 14.2. The predicted molar refractivity (Wildman–Crippen MR) is 73.5 cm³/mol. The largest absolute Gasteiger partial charge is 0.478 e. The molecule has 2 aliphatic rings. The minimum atomic E-state index is -1.03. The summed E-state index contributed by atoms with van der Waals surface area (Å²) in [6.45, 7) is 5.66. The fraction of sp³-hybridized carbons (Fsp3) is 0.286. The number of carbonyl (C=O) groups is 1. The minimum absolute atomic E-state index is 0.156. The van der Waals surface area contributed by atoms with Crippen LogP contribution in [-0.4, -0.2) is 21.8 Å². The van der Waals surface area contributed by atoms with Crippen molar-refractivity contribution in [2.24, 2.45) is 0 Å². The molecule has 0 saturated heterocycles. The van der Waals surface area contributed by atoms with Gasteiger partial charge in [-0.2, -0.15) is 0 Å². The molecule has 0 amide bonds. The Morgan fingerprint density at radius 2 is 2.05 bits per heavy atom. The van der Waals surface area contributed by atoms with Gasteiger partial charge >= 0.3 is 5.97 Å². The molecule has 0 radical (unpaired) electrons. The van der Waals surface area contributed by atoms with Crippen molar-refractivity contribution in [1.82, 2.24) is 4.68 Å². The first-order valence-electron chi connectivity index (χ1n) is 6.06. The van der Waals surface area contributed by atoms with E-state index in [-0.39, 0.29) is 17.0 Å². The topological polar surface area (TPSA) is 71.3 Å². The fourth-order valence-corrected chi connectivity index (χ4v) is 2.10. The van der Waals surface area contributed by atoms with Gasteiger partial charge in [0.25, 0.3) is 0 Å². The first-order valence-corrected chi connectivity index (χ1v) is 6.06. The van der Waals surface area contributed by atoms with Crippen LogP contribution in [0.4, 0.5) is 0 Å². The van der Waals surface area contributed by atoms with Crippen LogP contribution in [0.5, 0.6) is 0 Å². The van der Waals surface area contributed by atoms with Gasteiger partial charge in [0, 0.05) is 23.4 Å². The predicted octanol–water partition coefficient (Wildman–Crippen LogP) is 1.91. The molecule has 1 aliphatic carbocycles. The number of benzene rings is 1. The Hall–Kier alpha value is -2.30. The molecule has 0 unspecified atom stereocenters. The Morgan fingerprint density at radius 3 is 2.63 bits per heavy atom. The molecular weight excluding hydrogens is 244 g/mol. The van der Waals surface area contributed by atoms with Crippen molar-refractivity contribution in [3.05, 3.63) is 45.9 Å². The normalized spacial score (nSPS) is 10.9. The van der Waals surface area contributed by atoms with Crippen LogP contribution in [0, 0.1) is 6.92 Å². The molecule has 1 aliphatic heterocycles. The monoisotopic (exact) mass is 260 g/mol. The maximum absolute atomic E-state index is 11.4. The van der Waals surface area contributed by atoms with Crippen LogP contribution in [0.15, 0.2) is 29.2 Å². The Kier molecular flexibility index (Phi) is 3.29. The maximum atomic E-state index is 11.4. The van der Waals surface area contributed by atoms with E-state index in [0.717, 1.165) is 5.56 Å². The van der Waals surface area contributed by atoms with Crippen molar-refractivity contribution < 1.29 is 9.90 Å². The van der Waals surface area contributed by atoms with Crippen molar-refractivity contribution in [2.45, 2.75) is 26.8 Å². The van der Waals surface area contributed by atoms with Crippen molar-refractivity contribution in [3.63, 3.8) is 0 Å². The second-order valence-corrected chi connectivity index (χ2v) is 4.80. The highest BCUT2D eigenvalue weighted by Gasteiger charge is 2.19. The zero-order valence-electron chi connectivity index (χ0n) is 11.1. The molecule has 0 aromatic rings. The molecule has 0 fully saturated rings. The molecule has 0 aromatic carbocycles. The summed E-state index contributed by atoms with van der Waals surface area (Å²) in [6, 6.07) is 4.61. The van der Waals surface area contributed by atoms with Crippen LogP contribution < -0.4 is 10.9 Å². The second kappa shape index (κ2) is 4.76. The molecule has 0 atom stereocenters. The van der Waals surface area contributed by atoms with Crippen LogP contribution in [0.2, 0.25) is 0 Å². The number of carboxylic acids is 1. The summed E-state index contributed by atoms with van der Waals surface area (Å²) in [4.78, 5) is 22.9. The number of nitrogens with zero attached hydrogens (tertiary/aromatic N) is 1. The van der Waals surface area contributed by atoms with E-state index in [9.17, 15) is 14.7 Å². The van der Waals surface area contributed by atoms with Gasteiger partial charge in [-0.25, -0.2) is 4.79 Å². The summed E-state index contributed by atoms with van der Waals surface area (Å²) in [6.07, 6.45) is 1.80. The van der Waals surface area contributed by atoms with Crippen LogP contribution >= 0.6 is 0 Å². The third-order valence-electron chi connectivity index (χ3n) is 2.90. The van der Waals surface area contributed by atoms with Crippen LogP contribution in [-0.2, 0) is 0 Å². The van der Waals surface area contributed by atoms with Gasteiger partial charge < -0.3 is 10.5 Å². The van der Waals surface area contributed by atoms with E-state index < -0.39 is 5.97 Å². The van der Waals surface area contributed by atoms with E-state index in [4.69, 9.17) is 0 Å². The number of aromatic carboxylic acids is 1. The molecule has 1 heterocycles. The molecular formula is C14H16N2O3. The third kappa shape index (κ3) is 2.45. The Balaban J connectivity index is 2.79. The lowest BCUT2D eigenvalue weighted by Crippen LogP contribution is -2.26. The molecule has 2 rings (SSSR count). The summed E-state index contributed by atoms with van der Waals surface area (Å²) in [5.74, 6) is -1.03. The summed E-state index contributed by atoms with van der Waals surface area (Å²) in [5, 5.41) is 9.37. The summed E-state index contributed by atoms with van der Waals surface area (Å²) in [7, 11) is 0. The number of aromatic nitrogens is 1. The molecule has 5 nitrogen and oxygen atoms in total. The van der Waals surface area contributed by atoms with Crippen LogP contribution in [0.3, 0.4) is 0 Å². The molecule has 100 valence electrons.